The lowest BCUT2D eigenvalue weighted by atomic mass is 10.0. The highest BCUT2D eigenvalue weighted by atomic mass is 16.5. The summed E-state index contributed by atoms with van der Waals surface area (Å²) in [6.07, 6.45) is -0.820. The number of hydrogen-bond donors (Lipinski definition) is 2. The van der Waals surface area contributed by atoms with Crippen LogP contribution in [-0.4, -0.2) is 42.6 Å². The summed E-state index contributed by atoms with van der Waals surface area (Å²) in [4.78, 5) is 2.05. The molecule has 0 spiro atoms. The molecule has 1 aromatic rings. The molecule has 0 amide bonds. The van der Waals surface area contributed by atoms with Crippen LogP contribution in [0.15, 0.2) is 18.2 Å². The molecule has 1 heterocycles. The molecular formula is C14H18N2O3. The molecule has 2 N–H and O–H groups in total. The molecule has 1 aromatic carbocycles. The van der Waals surface area contributed by atoms with Crippen molar-refractivity contribution in [3.05, 3.63) is 29.3 Å². The highest BCUT2D eigenvalue weighted by Gasteiger charge is 2.23. The summed E-state index contributed by atoms with van der Waals surface area (Å²) >= 11 is 0. The Bertz CT molecular complexity index is 482. The van der Waals surface area contributed by atoms with Crippen molar-refractivity contribution in [3.63, 3.8) is 0 Å². The first kappa shape index (κ1) is 13.8. The lowest BCUT2D eigenvalue weighted by Gasteiger charge is -2.35. The molecule has 102 valence electrons. The van der Waals surface area contributed by atoms with Gasteiger partial charge in [-0.3, -0.25) is 0 Å². The van der Waals surface area contributed by atoms with E-state index in [1.807, 2.05) is 4.90 Å². The summed E-state index contributed by atoms with van der Waals surface area (Å²) in [5.41, 5.74) is 2.19. The Kier molecular flexibility index (Phi) is 4.38. The number of morpholine rings is 1. The van der Waals surface area contributed by atoms with Crippen LogP contribution < -0.4 is 4.90 Å². The van der Waals surface area contributed by atoms with Gasteiger partial charge in [0.05, 0.1) is 37.1 Å². The Morgan fingerprint density at radius 2 is 2.37 bits per heavy atom. The van der Waals surface area contributed by atoms with Crippen molar-refractivity contribution in [1.82, 2.24) is 0 Å². The smallest absolute Gasteiger partial charge is 0.0992 e. The van der Waals surface area contributed by atoms with Crippen molar-refractivity contribution in [2.24, 2.45) is 0 Å². The maximum Gasteiger partial charge on any atom is 0.0992 e. The Hall–Kier alpha value is -1.61. The third-order valence-electron chi connectivity index (χ3n) is 3.29. The van der Waals surface area contributed by atoms with Gasteiger partial charge in [0.1, 0.15) is 0 Å². The minimum Gasteiger partial charge on any atom is -0.394 e. The van der Waals surface area contributed by atoms with Gasteiger partial charge in [-0.05, 0) is 19.1 Å². The van der Waals surface area contributed by atoms with Crippen LogP contribution in [0.3, 0.4) is 0 Å². The fourth-order valence-electron chi connectivity index (χ4n) is 2.29. The summed E-state index contributed by atoms with van der Waals surface area (Å²) in [5.74, 6) is 0. The maximum atomic E-state index is 9.83. The lowest BCUT2D eigenvalue weighted by molar-refractivity contribution is 0.00343. The van der Waals surface area contributed by atoms with Crippen LogP contribution in [0.25, 0.3) is 0 Å². The lowest BCUT2D eigenvalue weighted by Crippen LogP contribution is -2.44. The van der Waals surface area contributed by atoms with Crippen LogP contribution in [0, 0.1) is 11.3 Å². The number of nitrogens with zero attached hydrogens (tertiary/aromatic N) is 2. The van der Waals surface area contributed by atoms with E-state index in [0.29, 0.717) is 25.3 Å². The second-order valence-electron chi connectivity index (χ2n) is 4.68. The molecule has 0 bridgehead atoms. The second-order valence-corrected chi connectivity index (χ2v) is 4.68. The Balaban J connectivity index is 2.33. The van der Waals surface area contributed by atoms with E-state index in [9.17, 15) is 10.2 Å². The number of aliphatic hydroxyl groups excluding tert-OH is 2. The van der Waals surface area contributed by atoms with Crippen LogP contribution in [0.1, 0.15) is 24.2 Å². The van der Waals surface area contributed by atoms with E-state index in [-0.39, 0.29) is 12.7 Å². The largest absolute Gasteiger partial charge is 0.394 e. The van der Waals surface area contributed by atoms with E-state index in [4.69, 9.17) is 10.00 Å². The minimum absolute atomic E-state index is 0.0293. The van der Waals surface area contributed by atoms with Crippen molar-refractivity contribution in [2.75, 3.05) is 31.2 Å². The third kappa shape index (κ3) is 3.04. The van der Waals surface area contributed by atoms with E-state index in [1.54, 1.807) is 25.1 Å². The molecule has 1 saturated heterocycles. The number of rotatable bonds is 3. The standard InChI is InChI=1S/C14H18N2O3/c1-10(18)13-3-2-11(7-15)6-14(13)16-4-5-19-12(8-16)9-17/h2-3,6,10,12,17-18H,4-5,8-9H2,1H3/t10-,12?/m1/s1. The first-order valence-electron chi connectivity index (χ1n) is 6.35. The molecule has 2 rings (SSSR count). The SMILES string of the molecule is C[C@@H](O)c1ccc(C#N)cc1N1CCOC(CO)C1. The topological polar surface area (TPSA) is 76.7 Å². The zero-order valence-corrected chi connectivity index (χ0v) is 10.9. The fraction of sp³-hybridized carbons (Fsp3) is 0.500. The molecule has 1 aliphatic rings. The van der Waals surface area contributed by atoms with Crippen molar-refractivity contribution in [1.29, 1.82) is 5.26 Å². The average Bonchev–Trinajstić information content (AvgIpc) is 2.46. The maximum absolute atomic E-state index is 9.83. The average molecular weight is 262 g/mol. The van der Waals surface area contributed by atoms with Crippen LogP contribution in [0.5, 0.6) is 0 Å². The van der Waals surface area contributed by atoms with Crippen molar-refractivity contribution >= 4 is 5.69 Å². The molecule has 0 aliphatic carbocycles. The van der Waals surface area contributed by atoms with Gasteiger partial charge in [-0.1, -0.05) is 6.07 Å². The van der Waals surface area contributed by atoms with Crippen molar-refractivity contribution < 1.29 is 14.9 Å². The van der Waals surface area contributed by atoms with E-state index < -0.39 is 6.10 Å². The molecule has 5 heteroatoms. The zero-order valence-electron chi connectivity index (χ0n) is 10.9. The predicted octanol–water partition coefficient (Wildman–Crippen LogP) is 0.809. The summed E-state index contributed by atoms with van der Waals surface area (Å²) in [6, 6.07) is 7.37. The van der Waals surface area contributed by atoms with Crippen LogP contribution >= 0.6 is 0 Å². The fourth-order valence-corrected chi connectivity index (χ4v) is 2.29. The molecular weight excluding hydrogens is 244 g/mol. The molecule has 0 aromatic heterocycles. The van der Waals surface area contributed by atoms with Gasteiger partial charge in [-0.15, -0.1) is 0 Å². The minimum atomic E-state index is -0.599. The zero-order chi connectivity index (χ0) is 13.8. The molecule has 1 aliphatic heterocycles. The van der Waals surface area contributed by atoms with E-state index in [1.165, 1.54) is 0 Å². The highest BCUT2D eigenvalue weighted by molar-refractivity contribution is 5.58. The van der Waals surface area contributed by atoms with E-state index in [0.717, 1.165) is 11.3 Å². The molecule has 0 radical (unpaired) electrons. The first-order chi connectivity index (χ1) is 9.15. The molecule has 1 unspecified atom stereocenters. The molecule has 5 nitrogen and oxygen atoms in total. The van der Waals surface area contributed by atoms with Gasteiger partial charge in [-0.2, -0.15) is 5.26 Å². The van der Waals surface area contributed by atoms with Gasteiger partial charge in [0.2, 0.25) is 0 Å². The molecule has 0 saturated carbocycles. The first-order valence-corrected chi connectivity index (χ1v) is 6.35. The molecule has 2 atom stereocenters. The molecule has 1 fully saturated rings. The van der Waals surface area contributed by atoms with Gasteiger partial charge in [0, 0.05) is 24.3 Å². The van der Waals surface area contributed by atoms with Crippen molar-refractivity contribution in [2.45, 2.75) is 19.1 Å². The van der Waals surface area contributed by atoms with Gasteiger partial charge < -0.3 is 19.8 Å². The van der Waals surface area contributed by atoms with Gasteiger partial charge in [-0.25, -0.2) is 0 Å². The summed E-state index contributed by atoms with van der Waals surface area (Å²) in [6.45, 7) is 3.45. The summed E-state index contributed by atoms with van der Waals surface area (Å²) in [5, 5.41) is 28.0. The van der Waals surface area contributed by atoms with E-state index >= 15 is 0 Å². The van der Waals surface area contributed by atoms with Gasteiger partial charge >= 0.3 is 0 Å². The second kappa shape index (κ2) is 6.02. The van der Waals surface area contributed by atoms with E-state index in [2.05, 4.69) is 6.07 Å². The number of ether oxygens (including phenoxy) is 1. The summed E-state index contributed by atoms with van der Waals surface area (Å²) in [7, 11) is 0. The number of anilines is 1. The summed E-state index contributed by atoms with van der Waals surface area (Å²) < 4.78 is 5.42. The normalized spacial score (nSPS) is 20.9. The van der Waals surface area contributed by atoms with Crippen LogP contribution in [-0.2, 0) is 4.74 Å². The van der Waals surface area contributed by atoms with Crippen molar-refractivity contribution in [3.8, 4) is 6.07 Å². The number of hydrogen-bond acceptors (Lipinski definition) is 5. The number of benzene rings is 1. The number of nitriles is 1. The van der Waals surface area contributed by atoms with Crippen LogP contribution in [0.4, 0.5) is 5.69 Å². The Labute approximate surface area is 112 Å². The van der Waals surface area contributed by atoms with Crippen LogP contribution in [0.2, 0.25) is 0 Å². The van der Waals surface area contributed by atoms with Gasteiger partial charge in [0.15, 0.2) is 0 Å². The number of aliphatic hydroxyl groups is 2. The van der Waals surface area contributed by atoms with Gasteiger partial charge in [0.25, 0.3) is 0 Å². The third-order valence-corrected chi connectivity index (χ3v) is 3.29. The predicted molar refractivity (Wildman–Crippen MR) is 70.8 cm³/mol. The molecule has 19 heavy (non-hydrogen) atoms. The monoisotopic (exact) mass is 262 g/mol. The quantitative estimate of drug-likeness (QED) is 0.843. The Morgan fingerprint density at radius 1 is 1.58 bits per heavy atom. The Morgan fingerprint density at radius 3 is 3.00 bits per heavy atom. The highest BCUT2D eigenvalue weighted by Crippen LogP contribution is 2.29.